The van der Waals surface area contributed by atoms with Crippen LogP contribution in [0, 0.1) is 0 Å². The van der Waals surface area contributed by atoms with Gasteiger partial charge in [-0.2, -0.15) is 0 Å². The van der Waals surface area contributed by atoms with Gasteiger partial charge in [0.15, 0.2) is 0 Å². The van der Waals surface area contributed by atoms with Crippen molar-refractivity contribution in [1.29, 1.82) is 0 Å². The summed E-state index contributed by atoms with van der Waals surface area (Å²) in [6.07, 6.45) is 3.13. The molecule has 13 heavy (non-hydrogen) atoms. The summed E-state index contributed by atoms with van der Waals surface area (Å²) in [6, 6.07) is 0. The zero-order valence-corrected chi connectivity index (χ0v) is 8.67. The van der Waals surface area contributed by atoms with Crippen LogP contribution in [0.2, 0.25) is 5.15 Å². The Bertz CT molecular complexity index is 473. The van der Waals surface area contributed by atoms with Gasteiger partial charge in [-0.25, -0.2) is 15.0 Å². The Kier molecular flexibility index (Phi) is 2.05. The molecule has 2 aromatic rings. The van der Waals surface area contributed by atoms with Gasteiger partial charge in [-0.1, -0.05) is 11.6 Å². The number of hydrogen-bond donors (Lipinski definition) is 1. The number of halogens is 2. The second-order valence-corrected chi connectivity index (χ2v) is 3.60. The van der Waals surface area contributed by atoms with E-state index < -0.39 is 0 Å². The maximum absolute atomic E-state index is 5.83. The molecular weight excluding hydrogens is 255 g/mol. The molecule has 0 spiro atoms. The molecule has 0 aliphatic heterocycles. The third-order valence-corrected chi connectivity index (χ3v) is 2.43. The molecule has 0 saturated carbocycles. The minimum absolute atomic E-state index is 0.218. The van der Waals surface area contributed by atoms with E-state index in [-0.39, 0.29) is 5.95 Å². The lowest BCUT2D eigenvalue weighted by molar-refractivity contribution is 1.21. The Labute approximate surface area is 87.3 Å². The first-order valence-electron chi connectivity index (χ1n) is 3.40. The number of anilines is 1. The number of nitrogens with two attached hydrogens (primary N) is 1. The number of rotatable bonds is 0. The SMILES string of the molecule is Nc1ncc2c(Cl)ncc(Br)c2n1. The van der Waals surface area contributed by atoms with Crippen LogP contribution >= 0.6 is 27.5 Å². The Balaban J connectivity index is 2.92. The Morgan fingerprint density at radius 3 is 2.85 bits per heavy atom. The molecular formula is C7H4BrClN4. The fourth-order valence-electron chi connectivity index (χ4n) is 0.973. The molecule has 0 bridgehead atoms. The Hall–Kier alpha value is -0.940. The first-order chi connectivity index (χ1) is 6.18. The van der Waals surface area contributed by atoms with Crippen molar-refractivity contribution in [2.75, 3.05) is 5.73 Å². The second kappa shape index (κ2) is 3.08. The molecule has 0 aromatic carbocycles. The van der Waals surface area contributed by atoms with Crippen LogP contribution in [0.1, 0.15) is 0 Å². The fourth-order valence-corrected chi connectivity index (χ4v) is 1.56. The molecule has 0 amide bonds. The van der Waals surface area contributed by atoms with E-state index in [1.54, 1.807) is 12.4 Å². The number of aromatic nitrogens is 3. The monoisotopic (exact) mass is 258 g/mol. The van der Waals surface area contributed by atoms with Gasteiger partial charge in [-0.05, 0) is 15.9 Å². The minimum Gasteiger partial charge on any atom is -0.368 e. The first kappa shape index (κ1) is 8.65. The number of pyridine rings is 1. The summed E-state index contributed by atoms with van der Waals surface area (Å²) in [5.41, 5.74) is 6.11. The van der Waals surface area contributed by atoms with Crippen molar-refractivity contribution in [2.45, 2.75) is 0 Å². The largest absolute Gasteiger partial charge is 0.368 e. The topological polar surface area (TPSA) is 64.7 Å². The van der Waals surface area contributed by atoms with Crippen LogP contribution in [0.3, 0.4) is 0 Å². The van der Waals surface area contributed by atoms with Crippen molar-refractivity contribution in [2.24, 2.45) is 0 Å². The zero-order chi connectivity index (χ0) is 9.42. The van der Waals surface area contributed by atoms with Gasteiger partial charge < -0.3 is 5.73 Å². The van der Waals surface area contributed by atoms with Crippen molar-refractivity contribution in [3.63, 3.8) is 0 Å². The third-order valence-electron chi connectivity index (χ3n) is 1.55. The minimum atomic E-state index is 0.218. The molecule has 0 fully saturated rings. The van der Waals surface area contributed by atoms with Crippen molar-refractivity contribution in [1.82, 2.24) is 15.0 Å². The first-order valence-corrected chi connectivity index (χ1v) is 4.58. The van der Waals surface area contributed by atoms with E-state index in [1.807, 2.05) is 0 Å². The molecule has 2 aromatic heterocycles. The number of fused-ring (bicyclic) bond motifs is 1. The lowest BCUT2D eigenvalue weighted by atomic mass is 10.3. The smallest absolute Gasteiger partial charge is 0.220 e. The van der Waals surface area contributed by atoms with Crippen molar-refractivity contribution < 1.29 is 0 Å². The van der Waals surface area contributed by atoms with Crippen LogP contribution < -0.4 is 5.73 Å². The summed E-state index contributed by atoms with van der Waals surface area (Å²) in [5.74, 6) is 0.218. The van der Waals surface area contributed by atoms with E-state index >= 15 is 0 Å². The summed E-state index contributed by atoms with van der Waals surface area (Å²) < 4.78 is 0.751. The van der Waals surface area contributed by atoms with E-state index in [0.717, 1.165) is 4.47 Å². The summed E-state index contributed by atoms with van der Waals surface area (Å²) in [4.78, 5) is 11.8. The average Bonchev–Trinajstić information content (AvgIpc) is 2.12. The average molecular weight is 259 g/mol. The van der Waals surface area contributed by atoms with Crippen LogP contribution in [0.15, 0.2) is 16.9 Å². The number of nitrogen functional groups attached to an aromatic ring is 1. The highest BCUT2D eigenvalue weighted by Crippen LogP contribution is 2.25. The van der Waals surface area contributed by atoms with Gasteiger partial charge in [0.1, 0.15) is 5.15 Å². The highest BCUT2D eigenvalue weighted by Gasteiger charge is 2.06. The van der Waals surface area contributed by atoms with Crippen molar-refractivity contribution in [3.8, 4) is 0 Å². The molecule has 0 saturated heterocycles. The van der Waals surface area contributed by atoms with Gasteiger partial charge in [0.05, 0.1) is 15.4 Å². The maximum atomic E-state index is 5.83. The van der Waals surface area contributed by atoms with Crippen LogP contribution in [0.4, 0.5) is 5.95 Å². The molecule has 2 heterocycles. The maximum Gasteiger partial charge on any atom is 0.220 e. The number of nitrogens with zero attached hydrogens (tertiary/aromatic N) is 3. The Morgan fingerprint density at radius 2 is 2.08 bits per heavy atom. The van der Waals surface area contributed by atoms with Gasteiger partial charge in [-0.3, -0.25) is 0 Å². The molecule has 2 N–H and O–H groups in total. The second-order valence-electron chi connectivity index (χ2n) is 2.39. The standard InChI is InChI=1S/C7H4BrClN4/c8-4-2-11-6(9)3-1-12-7(10)13-5(3)4/h1-2H,(H2,10,12,13). The molecule has 2 rings (SSSR count). The van der Waals surface area contributed by atoms with Crippen LogP contribution in [0.25, 0.3) is 10.9 Å². The predicted molar refractivity (Wildman–Crippen MR) is 54.5 cm³/mol. The molecule has 6 heteroatoms. The van der Waals surface area contributed by atoms with E-state index in [2.05, 4.69) is 30.9 Å². The highest BCUT2D eigenvalue weighted by molar-refractivity contribution is 9.10. The zero-order valence-electron chi connectivity index (χ0n) is 6.33. The van der Waals surface area contributed by atoms with Gasteiger partial charge in [0.2, 0.25) is 5.95 Å². The predicted octanol–water partition coefficient (Wildman–Crippen LogP) is 2.02. The molecule has 0 radical (unpaired) electrons. The molecule has 4 nitrogen and oxygen atoms in total. The fraction of sp³-hybridized carbons (Fsp3) is 0. The van der Waals surface area contributed by atoms with Crippen molar-refractivity contribution in [3.05, 3.63) is 22.0 Å². The van der Waals surface area contributed by atoms with Gasteiger partial charge >= 0.3 is 0 Å². The van der Waals surface area contributed by atoms with Crippen LogP contribution in [-0.2, 0) is 0 Å². The summed E-state index contributed by atoms with van der Waals surface area (Å²) in [7, 11) is 0. The van der Waals surface area contributed by atoms with E-state index in [1.165, 1.54) is 0 Å². The molecule has 66 valence electrons. The summed E-state index contributed by atoms with van der Waals surface area (Å²) in [5, 5.41) is 1.06. The molecule has 0 aliphatic rings. The van der Waals surface area contributed by atoms with Crippen molar-refractivity contribution >= 4 is 44.4 Å². The van der Waals surface area contributed by atoms with Crippen LogP contribution in [-0.4, -0.2) is 15.0 Å². The molecule has 0 unspecified atom stereocenters. The highest BCUT2D eigenvalue weighted by atomic mass is 79.9. The molecule has 0 aliphatic carbocycles. The lowest BCUT2D eigenvalue weighted by Crippen LogP contribution is -1.95. The number of hydrogen-bond acceptors (Lipinski definition) is 4. The van der Waals surface area contributed by atoms with Gasteiger partial charge in [0.25, 0.3) is 0 Å². The quantitative estimate of drug-likeness (QED) is 0.735. The summed E-state index contributed by atoms with van der Waals surface area (Å²) >= 11 is 9.13. The van der Waals surface area contributed by atoms with Gasteiger partial charge in [-0.15, -0.1) is 0 Å². The van der Waals surface area contributed by atoms with Crippen LogP contribution in [0.5, 0.6) is 0 Å². The summed E-state index contributed by atoms with van der Waals surface area (Å²) in [6.45, 7) is 0. The molecule has 0 atom stereocenters. The Morgan fingerprint density at radius 1 is 1.31 bits per heavy atom. The van der Waals surface area contributed by atoms with E-state index in [9.17, 15) is 0 Å². The third kappa shape index (κ3) is 1.45. The van der Waals surface area contributed by atoms with Gasteiger partial charge in [0, 0.05) is 12.4 Å². The lowest BCUT2D eigenvalue weighted by Gasteiger charge is -2.00. The van der Waals surface area contributed by atoms with E-state index in [4.69, 9.17) is 17.3 Å². The van der Waals surface area contributed by atoms with E-state index in [0.29, 0.717) is 16.1 Å². The normalized spacial score (nSPS) is 10.6.